The summed E-state index contributed by atoms with van der Waals surface area (Å²) in [6, 6.07) is 7.49. The molecule has 4 nitrogen and oxygen atoms in total. The number of hydrogen-bond donors (Lipinski definition) is 2. The maximum atomic E-state index is 9.70. The molecule has 0 amide bonds. The molecule has 1 aromatic rings. The lowest BCUT2D eigenvalue weighted by Crippen LogP contribution is -2.35. The van der Waals surface area contributed by atoms with Gasteiger partial charge in [-0.25, -0.2) is 0 Å². The molecular formula is C15H21NO3. The lowest BCUT2D eigenvalue weighted by Gasteiger charge is -2.15. The zero-order chi connectivity index (χ0) is 14.1. The third-order valence-corrected chi connectivity index (χ3v) is 2.35. The molecule has 19 heavy (non-hydrogen) atoms. The number of ether oxygens (including phenoxy) is 2. The third kappa shape index (κ3) is 6.70. The highest BCUT2D eigenvalue weighted by molar-refractivity contribution is 5.31. The molecule has 1 atom stereocenters. The van der Waals surface area contributed by atoms with Gasteiger partial charge in [0, 0.05) is 12.6 Å². The fraction of sp³-hybridized carbons (Fsp3) is 0.467. The Bertz CT molecular complexity index is 395. The van der Waals surface area contributed by atoms with Crippen molar-refractivity contribution in [3.05, 3.63) is 24.3 Å². The molecule has 2 N–H and O–H groups in total. The van der Waals surface area contributed by atoms with Crippen molar-refractivity contribution in [2.24, 2.45) is 0 Å². The van der Waals surface area contributed by atoms with Crippen LogP contribution in [0.3, 0.4) is 0 Å². The van der Waals surface area contributed by atoms with Crippen molar-refractivity contribution in [1.29, 1.82) is 0 Å². The molecule has 1 aromatic carbocycles. The fourth-order valence-electron chi connectivity index (χ4n) is 1.38. The van der Waals surface area contributed by atoms with Gasteiger partial charge in [0.05, 0.1) is 0 Å². The smallest absolute Gasteiger partial charge is 0.148 e. The van der Waals surface area contributed by atoms with Gasteiger partial charge >= 0.3 is 0 Å². The molecule has 0 aliphatic heterocycles. The summed E-state index contributed by atoms with van der Waals surface area (Å²) in [6.07, 6.45) is 4.58. The first-order chi connectivity index (χ1) is 9.11. The normalized spacial score (nSPS) is 11.9. The third-order valence-electron chi connectivity index (χ3n) is 2.35. The topological polar surface area (TPSA) is 50.7 Å². The number of benzene rings is 1. The number of rotatable bonds is 8. The second-order valence-electron chi connectivity index (χ2n) is 4.49. The van der Waals surface area contributed by atoms with Gasteiger partial charge in [-0.15, -0.1) is 6.42 Å². The van der Waals surface area contributed by atoms with Gasteiger partial charge in [0.2, 0.25) is 0 Å². The SMILES string of the molecule is C#CCOc1ccc(OCC(O)CNC(C)C)cc1. The summed E-state index contributed by atoms with van der Waals surface area (Å²) in [5.74, 6) is 3.79. The van der Waals surface area contributed by atoms with Crippen LogP contribution >= 0.6 is 0 Å². The van der Waals surface area contributed by atoms with Crippen LogP contribution in [0.25, 0.3) is 0 Å². The molecule has 0 fully saturated rings. The Kier molecular flexibility index (Phi) is 6.80. The minimum atomic E-state index is -0.528. The van der Waals surface area contributed by atoms with Gasteiger partial charge in [-0.1, -0.05) is 19.8 Å². The van der Waals surface area contributed by atoms with Crippen molar-refractivity contribution in [2.75, 3.05) is 19.8 Å². The summed E-state index contributed by atoms with van der Waals surface area (Å²) in [5.41, 5.74) is 0. The largest absolute Gasteiger partial charge is 0.491 e. The molecule has 0 aliphatic carbocycles. The first-order valence-corrected chi connectivity index (χ1v) is 6.32. The number of aliphatic hydroxyl groups excluding tert-OH is 1. The summed E-state index contributed by atoms with van der Waals surface area (Å²) in [6.45, 7) is 5.08. The molecule has 0 aromatic heterocycles. The van der Waals surface area contributed by atoms with E-state index in [9.17, 15) is 5.11 Å². The van der Waals surface area contributed by atoms with E-state index < -0.39 is 6.10 Å². The molecular weight excluding hydrogens is 242 g/mol. The minimum Gasteiger partial charge on any atom is -0.491 e. The zero-order valence-corrected chi connectivity index (χ0v) is 11.4. The summed E-state index contributed by atoms with van der Waals surface area (Å²) < 4.78 is 10.7. The monoisotopic (exact) mass is 263 g/mol. The first-order valence-electron chi connectivity index (χ1n) is 6.32. The highest BCUT2D eigenvalue weighted by Crippen LogP contribution is 2.17. The second kappa shape index (κ2) is 8.41. The molecule has 4 heteroatoms. The Labute approximate surface area is 114 Å². The maximum Gasteiger partial charge on any atom is 0.148 e. The van der Waals surface area contributed by atoms with E-state index in [0.717, 1.165) is 0 Å². The van der Waals surface area contributed by atoms with Crippen molar-refractivity contribution in [3.63, 3.8) is 0 Å². The van der Waals surface area contributed by atoms with Crippen LogP contribution in [0.15, 0.2) is 24.3 Å². The van der Waals surface area contributed by atoms with E-state index in [0.29, 0.717) is 24.1 Å². The molecule has 0 heterocycles. The number of hydrogen-bond acceptors (Lipinski definition) is 4. The lowest BCUT2D eigenvalue weighted by atomic mass is 10.3. The van der Waals surface area contributed by atoms with E-state index in [1.165, 1.54) is 0 Å². The summed E-state index contributed by atoms with van der Waals surface area (Å²) in [7, 11) is 0. The molecule has 1 rings (SSSR count). The minimum absolute atomic E-state index is 0.250. The van der Waals surface area contributed by atoms with Gasteiger partial charge in [-0.3, -0.25) is 0 Å². The van der Waals surface area contributed by atoms with Crippen LogP contribution in [0.5, 0.6) is 11.5 Å². The van der Waals surface area contributed by atoms with Crippen LogP contribution in [0.4, 0.5) is 0 Å². The number of terminal acetylenes is 1. The van der Waals surface area contributed by atoms with E-state index in [2.05, 4.69) is 11.2 Å². The highest BCUT2D eigenvalue weighted by atomic mass is 16.5. The summed E-state index contributed by atoms with van der Waals surface area (Å²) in [5, 5.41) is 12.8. The average Bonchev–Trinajstić information content (AvgIpc) is 2.41. The van der Waals surface area contributed by atoms with Gasteiger partial charge in [0.25, 0.3) is 0 Å². The summed E-state index contributed by atoms with van der Waals surface area (Å²) in [4.78, 5) is 0. The lowest BCUT2D eigenvalue weighted by molar-refractivity contribution is 0.104. The quantitative estimate of drug-likeness (QED) is 0.697. The fourth-order valence-corrected chi connectivity index (χ4v) is 1.38. The highest BCUT2D eigenvalue weighted by Gasteiger charge is 2.06. The van der Waals surface area contributed by atoms with Crippen LogP contribution in [0.2, 0.25) is 0 Å². The van der Waals surface area contributed by atoms with Crippen LogP contribution in [-0.2, 0) is 0 Å². The molecule has 0 saturated heterocycles. The number of nitrogens with one attached hydrogen (secondary N) is 1. The van der Waals surface area contributed by atoms with Crippen molar-refractivity contribution in [2.45, 2.75) is 26.0 Å². The van der Waals surface area contributed by atoms with E-state index in [1.807, 2.05) is 13.8 Å². The predicted molar refractivity (Wildman–Crippen MR) is 75.4 cm³/mol. The molecule has 0 spiro atoms. The van der Waals surface area contributed by atoms with Gasteiger partial charge in [-0.2, -0.15) is 0 Å². The Morgan fingerprint density at radius 3 is 2.32 bits per heavy atom. The first kappa shape index (κ1) is 15.4. The molecule has 0 bridgehead atoms. The zero-order valence-electron chi connectivity index (χ0n) is 11.4. The van der Waals surface area contributed by atoms with E-state index >= 15 is 0 Å². The summed E-state index contributed by atoms with van der Waals surface area (Å²) >= 11 is 0. The maximum absolute atomic E-state index is 9.70. The van der Waals surface area contributed by atoms with Gasteiger partial charge in [0.15, 0.2) is 0 Å². The molecule has 104 valence electrons. The second-order valence-corrected chi connectivity index (χ2v) is 4.49. The van der Waals surface area contributed by atoms with Crippen molar-refractivity contribution in [1.82, 2.24) is 5.32 Å². The van der Waals surface area contributed by atoms with Crippen molar-refractivity contribution < 1.29 is 14.6 Å². The Balaban J connectivity index is 2.31. The predicted octanol–water partition coefficient (Wildman–Crippen LogP) is 1.44. The van der Waals surface area contributed by atoms with Gasteiger partial charge in [-0.05, 0) is 24.3 Å². The van der Waals surface area contributed by atoms with Gasteiger partial charge in [0.1, 0.15) is 30.8 Å². The van der Waals surface area contributed by atoms with E-state index in [-0.39, 0.29) is 13.2 Å². The Hall–Kier alpha value is -1.70. The van der Waals surface area contributed by atoms with Crippen LogP contribution in [0.1, 0.15) is 13.8 Å². The van der Waals surface area contributed by atoms with Crippen LogP contribution in [0, 0.1) is 12.3 Å². The van der Waals surface area contributed by atoms with E-state index in [1.54, 1.807) is 24.3 Å². The standard InChI is InChI=1S/C15H21NO3/c1-4-9-18-14-5-7-15(8-6-14)19-11-13(17)10-16-12(2)3/h1,5-8,12-13,16-17H,9-11H2,2-3H3. The molecule has 0 saturated carbocycles. The molecule has 1 unspecified atom stereocenters. The molecule has 0 radical (unpaired) electrons. The number of aliphatic hydroxyl groups is 1. The van der Waals surface area contributed by atoms with E-state index in [4.69, 9.17) is 15.9 Å². The average molecular weight is 263 g/mol. The van der Waals surface area contributed by atoms with Crippen LogP contribution in [-0.4, -0.2) is 37.0 Å². The van der Waals surface area contributed by atoms with Crippen molar-refractivity contribution in [3.8, 4) is 23.8 Å². The van der Waals surface area contributed by atoms with Crippen molar-refractivity contribution >= 4 is 0 Å². The van der Waals surface area contributed by atoms with Crippen LogP contribution < -0.4 is 14.8 Å². The Morgan fingerprint density at radius 2 is 1.79 bits per heavy atom. The molecule has 0 aliphatic rings. The van der Waals surface area contributed by atoms with Gasteiger partial charge < -0.3 is 19.9 Å². The Morgan fingerprint density at radius 1 is 1.21 bits per heavy atom.